The van der Waals surface area contributed by atoms with Gasteiger partial charge < -0.3 is 23.5 Å². The molecule has 41 heavy (non-hydrogen) atoms. The van der Waals surface area contributed by atoms with Gasteiger partial charge in [-0.15, -0.1) is 0 Å². The van der Waals surface area contributed by atoms with Gasteiger partial charge in [0.1, 0.15) is 12.2 Å². The summed E-state index contributed by atoms with van der Waals surface area (Å²) in [6.07, 6.45) is 0. The molecule has 8 heteroatoms. The summed E-state index contributed by atoms with van der Waals surface area (Å²) in [5.74, 6) is 0.949. The average Bonchev–Trinajstić information content (AvgIpc) is 3.28. The third kappa shape index (κ3) is 5.21. The van der Waals surface area contributed by atoms with E-state index in [9.17, 15) is 9.59 Å². The second-order valence-corrected chi connectivity index (χ2v) is 10.6. The van der Waals surface area contributed by atoms with Crippen LogP contribution in [-0.4, -0.2) is 62.2 Å². The zero-order valence-electron chi connectivity index (χ0n) is 23.6. The summed E-state index contributed by atoms with van der Waals surface area (Å²) in [4.78, 5) is 31.9. The number of benzene rings is 3. The highest BCUT2D eigenvalue weighted by atomic mass is 16.5. The number of hydrogen-bond acceptors (Lipinski definition) is 7. The summed E-state index contributed by atoms with van der Waals surface area (Å²) in [5, 5.41) is 0.481. The van der Waals surface area contributed by atoms with E-state index in [2.05, 4.69) is 4.90 Å². The van der Waals surface area contributed by atoms with Gasteiger partial charge in [-0.05, 0) is 60.4 Å². The number of fused-ring (bicyclic) bond motifs is 2. The lowest BCUT2D eigenvalue weighted by Gasteiger charge is -2.31. The summed E-state index contributed by atoms with van der Waals surface area (Å²) in [5.41, 5.74) is 4.42. The maximum Gasteiger partial charge on any atom is 0.290 e. The topological polar surface area (TPSA) is 81.5 Å². The monoisotopic (exact) mass is 554 g/mol. The third-order valence-electron chi connectivity index (χ3n) is 8.08. The van der Waals surface area contributed by atoms with Crippen LogP contribution in [0.5, 0.6) is 11.5 Å². The van der Waals surface area contributed by atoms with Crippen LogP contribution in [0.15, 0.2) is 69.9 Å². The van der Waals surface area contributed by atoms with Crippen molar-refractivity contribution < 1.29 is 23.4 Å². The van der Waals surface area contributed by atoms with Crippen molar-refractivity contribution in [3.63, 3.8) is 0 Å². The Kier molecular flexibility index (Phi) is 7.51. The first-order valence-electron chi connectivity index (χ1n) is 14.0. The molecule has 0 N–H and O–H groups in total. The van der Waals surface area contributed by atoms with Crippen molar-refractivity contribution in [3.05, 3.63) is 104 Å². The normalized spacial score (nSPS) is 17.2. The van der Waals surface area contributed by atoms with Gasteiger partial charge in [-0.3, -0.25) is 14.5 Å². The molecule has 212 valence electrons. The molecule has 6 rings (SSSR count). The molecule has 8 nitrogen and oxygen atoms in total. The van der Waals surface area contributed by atoms with Crippen molar-refractivity contribution >= 4 is 16.9 Å². The molecule has 2 aliphatic heterocycles. The number of nitrogens with zero attached hydrogens (tertiary/aromatic N) is 2. The van der Waals surface area contributed by atoms with E-state index >= 15 is 0 Å². The number of morpholine rings is 1. The lowest BCUT2D eigenvalue weighted by Crippen LogP contribution is -2.42. The number of hydrogen-bond donors (Lipinski definition) is 0. The minimum Gasteiger partial charge on any atom is -0.493 e. The predicted molar refractivity (Wildman–Crippen MR) is 156 cm³/mol. The Morgan fingerprint density at radius 1 is 0.902 bits per heavy atom. The molecule has 1 fully saturated rings. The van der Waals surface area contributed by atoms with Gasteiger partial charge in [-0.25, -0.2) is 0 Å². The molecular formula is C33H34N2O6. The summed E-state index contributed by atoms with van der Waals surface area (Å²) < 4.78 is 23.5. The second kappa shape index (κ2) is 11.4. The van der Waals surface area contributed by atoms with Crippen molar-refractivity contribution in [2.24, 2.45) is 0 Å². The molecular weight excluding hydrogens is 520 g/mol. The standard InChI is InChI=1S/C33H34N2O6/c1-21-17-25-27(18-22(21)2)41-32-29(31(25)36)30(35(33(32)37)12-11-34-13-15-39-16-14-34)24-9-10-26(28(19-24)38-3)40-20-23-7-5-4-6-8-23/h4-10,17-19,30H,11-16,20H2,1-3H3. The maximum atomic E-state index is 14.0. The number of rotatable bonds is 8. The van der Waals surface area contributed by atoms with E-state index in [0.29, 0.717) is 60.9 Å². The highest BCUT2D eigenvalue weighted by molar-refractivity contribution is 5.99. The summed E-state index contributed by atoms with van der Waals surface area (Å²) in [6.45, 7) is 8.39. The molecule has 0 saturated carbocycles. The summed E-state index contributed by atoms with van der Waals surface area (Å²) in [6, 6.07) is 18.6. The number of ether oxygens (including phenoxy) is 3. The van der Waals surface area contributed by atoms with E-state index < -0.39 is 6.04 Å². The van der Waals surface area contributed by atoms with E-state index in [1.54, 1.807) is 12.0 Å². The van der Waals surface area contributed by atoms with Crippen molar-refractivity contribution in [2.75, 3.05) is 46.5 Å². The molecule has 0 spiro atoms. The van der Waals surface area contributed by atoms with Gasteiger partial charge in [-0.1, -0.05) is 36.4 Å². The van der Waals surface area contributed by atoms with E-state index in [4.69, 9.17) is 18.6 Å². The highest BCUT2D eigenvalue weighted by Gasteiger charge is 2.43. The van der Waals surface area contributed by atoms with Crippen molar-refractivity contribution in [3.8, 4) is 11.5 Å². The predicted octanol–water partition coefficient (Wildman–Crippen LogP) is 4.87. The van der Waals surface area contributed by atoms with Gasteiger partial charge in [0.2, 0.25) is 5.76 Å². The van der Waals surface area contributed by atoms with E-state index in [1.807, 2.05) is 74.5 Å². The molecule has 0 radical (unpaired) electrons. The average molecular weight is 555 g/mol. The molecule has 2 aliphatic rings. The van der Waals surface area contributed by atoms with Gasteiger partial charge in [0.05, 0.1) is 37.3 Å². The van der Waals surface area contributed by atoms with E-state index in [0.717, 1.165) is 35.3 Å². The Hall–Kier alpha value is -4.14. The number of carbonyl (C=O) groups is 1. The Morgan fingerprint density at radius 2 is 1.66 bits per heavy atom. The Balaban J connectivity index is 1.40. The van der Waals surface area contributed by atoms with Crippen LogP contribution in [0.25, 0.3) is 11.0 Å². The molecule has 1 saturated heterocycles. The van der Waals surface area contributed by atoms with Crippen LogP contribution in [0.4, 0.5) is 0 Å². The number of aryl methyl sites for hydroxylation is 2. The minimum absolute atomic E-state index is 0.112. The van der Waals surface area contributed by atoms with Crippen LogP contribution in [-0.2, 0) is 11.3 Å². The fourth-order valence-corrected chi connectivity index (χ4v) is 5.64. The third-order valence-corrected chi connectivity index (χ3v) is 8.08. The Labute approximate surface area is 239 Å². The lowest BCUT2D eigenvalue weighted by atomic mass is 9.97. The quantitative estimate of drug-likeness (QED) is 0.307. The molecule has 0 bridgehead atoms. The first-order chi connectivity index (χ1) is 19.9. The van der Waals surface area contributed by atoms with Gasteiger partial charge in [0, 0.05) is 26.2 Å². The first-order valence-corrected chi connectivity index (χ1v) is 14.0. The molecule has 3 heterocycles. The molecule has 4 aromatic rings. The van der Waals surface area contributed by atoms with Crippen LogP contribution in [0.1, 0.15) is 44.4 Å². The van der Waals surface area contributed by atoms with Crippen molar-refractivity contribution in [1.29, 1.82) is 0 Å². The number of methoxy groups -OCH3 is 1. The Bertz CT molecular complexity index is 1640. The number of carbonyl (C=O) groups excluding carboxylic acids is 1. The van der Waals surface area contributed by atoms with Gasteiger partial charge >= 0.3 is 0 Å². The smallest absolute Gasteiger partial charge is 0.290 e. The van der Waals surface area contributed by atoms with Crippen LogP contribution in [0.2, 0.25) is 0 Å². The van der Waals surface area contributed by atoms with Crippen molar-refractivity contribution in [2.45, 2.75) is 26.5 Å². The summed E-state index contributed by atoms with van der Waals surface area (Å²) in [7, 11) is 1.59. The Morgan fingerprint density at radius 3 is 2.41 bits per heavy atom. The first kappa shape index (κ1) is 27.1. The largest absolute Gasteiger partial charge is 0.493 e. The van der Waals surface area contributed by atoms with E-state index in [-0.39, 0.29) is 17.1 Å². The molecule has 1 aromatic heterocycles. The molecule has 3 aromatic carbocycles. The van der Waals surface area contributed by atoms with E-state index in [1.165, 1.54) is 0 Å². The van der Waals surface area contributed by atoms with Crippen LogP contribution < -0.4 is 14.9 Å². The molecule has 1 unspecified atom stereocenters. The lowest BCUT2D eigenvalue weighted by molar-refractivity contribution is 0.0314. The molecule has 0 aliphatic carbocycles. The molecule has 1 amide bonds. The van der Waals surface area contributed by atoms with Gasteiger partial charge in [0.15, 0.2) is 16.9 Å². The summed E-state index contributed by atoms with van der Waals surface area (Å²) >= 11 is 0. The zero-order valence-corrected chi connectivity index (χ0v) is 23.6. The van der Waals surface area contributed by atoms with Crippen LogP contribution in [0, 0.1) is 13.8 Å². The highest BCUT2D eigenvalue weighted by Crippen LogP contribution is 2.41. The van der Waals surface area contributed by atoms with Gasteiger partial charge in [-0.2, -0.15) is 0 Å². The van der Waals surface area contributed by atoms with Crippen molar-refractivity contribution in [1.82, 2.24) is 9.80 Å². The molecule has 1 atom stereocenters. The second-order valence-electron chi connectivity index (χ2n) is 10.6. The van der Waals surface area contributed by atoms with Crippen LogP contribution >= 0.6 is 0 Å². The zero-order chi connectivity index (χ0) is 28.5. The van der Waals surface area contributed by atoms with Gasteiger partial charge in [0.25, 0.3) is 5.91 Å². The minimum atomic E-state index is -0.613. The maximum absolute atomic E-state index is 14.0. The van der Waals surface area contributed by atoms with Crippen LogP contribution in [0.3, 0.4) is 0 Å². The fraction of sp³-hybridized carbons (Fsp3) is 0.333. The SMILES string of the molecule is COc1cc(C2c3c(oc4cc(C)c(C)cc4c3=O)C(=O)N2CCN2CCOCC2)ccc1OCc1ccccc1. The number of amides is 1. The fourth-order valence-electron chi connectivity index (χ4n) is 5.64.